The van der Waals surface area contributed by atoms with Crippen LogP contribution in [-0.2, 0) is 0 Å². The summed E-state index contributed by atoms with van der Waals surface area (Å²) in [5.74, 6) is 0. The summed E-state index contributed by atoms with van der Waals surface area (Å²) in [6, 6.07) is 0. The molecule has 1 heteroatoms. The van der Waals surface area contributed by atoms with Crippen molar-refractivity contribution in [1.82, 2.24) is 0 Å². The zero-order valence-electron chi connectivity index (χ0n) is 32.7. The predicted molar refractivity (Wildman–Crippen MR) is 209 cm³/mol. The second-order valence-electron chi connectivity index (χ2n) is 16.1. The smallest absolute Gasteiger partial charge is 0.0782 e. The minimum Gasteiger partial charge on any atom is -0.328 e. The molecule has 0 atom stereocenters. The summed E-state index contributed by atoms with van der Waals surface area (Å²) in [5, 5.41) is 0. The summed E-state index contributed by atoms with van der Waals surface area (Å²) in [7, 11) is 4.95. The fourth-order valence-electron chi connectivity index (χ4n) is 7.35. The largest absolute Gasteiger partial charge is 0.328 e. The maximum Gasteiger partial charge on any atom is 0.0782 e. The molecule has 0 aliphatic rings. The molecule has 0 aromatic rings. The standard InChI is InChI=1S/C44H92N/c1-5-7-9-11-13-15-17-19-21-23-25-26-28-30-32-34-36-38-40-42-44-45(3,4)43-41-39-37-35-33-31-29-27-24-22-20-18-16-14-12-10-8-6-2/h5-44H2,1-4H3/q+1. The van der Waals surface area contributed by atoms with E-state index in [1.807, 2.05) is 0 Å². The van der Waals surface area contributed by atoms with E-state index in [4.69, 9.17) is 0 Å². The summed E-state index contributed by atoms with van der Waals surface area (Å²) in [6.07, 6.45) is 55.9. The first-order chi connectivity index (χ1) is 22.1. The highest BCUT2D eigenvalue weighted by Crippen LogP contribution is 2.17. The molecule has 0 aromatic heterocycles. The minimum absolute atomic E-state index is 1.25. The predicted octanol–water partition coefficient (Wildman–Crippen LogP) is 15.9. The summed E-state index contributed by atoms with van der Waals surface area (Å²) in [5.41, 5.74) is 0. The minimum atomic E-state index is 1.25. The molecule has 0 aliphatic carbocycles. The molecule has 1 nitrogen and oxygen atoms in total. The van der Waals surface area contributed by atoms with Gasteiger partial charge < -0.3 is 4.48 Å². The van der Waals surface area contributed by atoms with E-state index in [9.17, 15) is 0 Å². The van der Waals surface area contributed by atoms with Gasteiger partial charge in [0, 0.05) is 0 Å². The van der Waals surface area contributed by atoms with Crippen LogP contribution < -0.4 is 0 Å². The van der Waals surface area contributed by atoms with Gasteiger partial charge in [-0.3, -0.25) is 0 Å². The molecule has 0 heterocycles. The van der Waals surface area contributed by atoms with E-state index in [0.717, 1.165) is 0 Å². The van der Waals surface area contributed by atoms with Gasteiger partial charge in [-0.2, -0.15) is 0 Å². The van der Waals surface area contributed by atoms with E-state index in [2.05, 4.69) is 27.9 Å². The van der Waals surface area contributed by atoms with Crippen molar-refractivity contribution in [2.24, 2.45) is 0 Å². The van der Waals surface area contributed by atoms with Crippen LogP contribution in [0.25, 0.3) is 0 Å². The zero-order valence-corrected chi connectivity index (χ0v) is 32.7. The molecular weight excluding hydrogens is 542 g/mol. The Bertz CT molecular complexity index is 511. The van der Waals surface area contributed by atoms with Crippen LogP contribution in [0.4, 0.5) is 0 Å². The molecule has 45 heavy (non-hydrogen) atoms. The molecule has 0 rings (SSSR count). The van der Waals surface area contributed by atoms with E-state index < -0.39 is 0 Å². The van der Waals surface area contributed by atoms with E-state index in [0.29, 0.717) is 0 Å². The SMILES string of the molecule is CCCCCCCCCCCCCCCCCCCCCC[N+](C)(C)CCCCCCCCCCCCCCCCCCCC. The van der Waals surface area contributed by atoms with Gasteiger partial charge >= 0.3 is 0 Å². The first kappa shape index (κ1) is 45.0. The fourth-order valence-corrected chi connectivity index (χ4v) is 7.35. The highest BCUT2D eigenvalue weighted by Gasteiger charge is 2.13. The van der Waals surface area contributed by atoms with Gasteiger partial charge in [0.1, 0.15) is 0 Å². The number of quaternary nitrogens is 1. The van der Waals surface area contributed by atoms with Crippen molar-refractivity contribution in [2.75, 3.05) is 27.2 Å². The van der Waals surface area contributed by atoms with Crippen LogP contribution in [0.2, 0.25) is 0 Å². The second kappa shape index (κ2) is 38.4. The van der Waals surface area contributed by atoms with Crippen molar-refractivity contribution in [3.05, 3.63) is 0 Å². The normalized spacial score (nSPS) is 12.0. The molecule has 0 unspecified atom stereocenters. The Morgan fingerprint density at radius 2 is 0.333 bits per heavy atom. The molecule has 0 spiro atoms. The lowest BCUT2D eigenvalue weighted by molar-refractivity contribution is -0.890. The van der Waals surface area contributed by atoms with E-state index in [1.54, 1.807) is 0 Å². The quantitative estimate of drug-likeness (QED) is 0.0465. The second-order valence-corrected chi connectivity index (χ2v) is 16.1. The lowest BCUT2D eigenvalue weighted by Crippen LogP contribution is -2.41. The van der Waals surface area contributed by atoms with Gasteiger partial charge in [0.2, 0.25) is 0 Å². The van der Waals surface area contributed by atoms with Crippen molar-refractivity contribution in [3.8, 4) is 0 Å². The van der Waals surface area contributed by atoms with Crippen molar-refractivity contribution >= 4 is 0 Å². The number of hydrogen-bond acceptors (Lipinski definition) is 0. The first-order valence-electron chi connectivity index (χ1n) is 21.9. The monoisotopic (exact) mass is 635 g/mol. The number of unbranched alkanes of at least 4 members (excludes halogenated alkanes) is 36. The highest BCUT2D eigenvalue weighted by atomic mass is 15.3. The number of hydrogen-bond donors (Lipinski definition) is 0. The van der Waals surface area contributed by atoms with E-state index in [1.165, 1.54) is 262 Å². The third-order valence-electron chi connectivity index (χ3n) is 10.7. The molecule has 0 saturated heterocycles. The Kier molecular flexibility index (Phi) is 38.4. The Labute approximate surface area is 288 Å². The Balaban J connectivity index is 3.25. The lowest BCUT2D eigenvalue weighted by atomic mass is 10.0. The van der Waals surface area contributed by atoms with Crippen LogP contribution in [0.1, 0.15) is 258 Å². The summed E-state index contributed by atoms with van der Waals surface area (Å²) >= 11 is 0. The average molecular weight is 635 g/mol. The van der Waals surface area contributed by atoms with Crippen LogP contribution in [-0.4, -0.2) is 31.7 Å². The van der Waals surface area contributed by atoms with Crippen LogP contribution in [0.15, 0.2) is 0 Å². The maximum atomic E-state index is 2.48. The Morgan fingerprint density at radius 3 is 0.489 bits per heavy atom. The molecule has 0 saturated carbocycles. The fraction of sp³-hybridized carbons (Fsp3) is 1.00. The molecule has 0 aliphatic heterocycles. The zero-order chi connectivity index (χ0) is 32.8. The van der Waals surface area contributed by atoms with Crippen LogP contribution in [0, 0.1) is 0 Å². The highest BCUT2D eigenvalue weighted by molar-refractivity contribution is 4.53. The van der Waals surface area contributed by atoms with Gasteiger partial charge in [0.15, 0.2) is 0 Å². The number of rotatable bonds is 40. The van der Waals surface area contributed by atoms with Crippen LogP contribution in [0.3, 0.4) is 0 Å². The third kappa shape index (κ3) is 40.1. The molecule has 0 fully saturated rings. The first-order valence-corrected chi connectivity index (χ1v) is 21.9. The average Bonchev–Trinajstić information content (AvgIpc) is 3.03. The molecule has 0 aromatic carbocycles. The van der Waals surface area contributed by atoms with E-state index in [-0.39, 0.29) is 0 Å². The summed E-state index contributed by atoms with van der Waals surface area (Å²) in [4.78, 5) is 0. The van der Waals surface area contributed by atoms with Crippen molar-refractivity contribution < 1.29 is 4.48 Å². The van der Waals surface area contributed by atoms with Gasteiger partial charge in [-0.15, -0.1) is 0 Å². The van der Waals surface area contributed by atoms with Gasteiger partial charge in [-0.05, 0) is 25.7 Å². The number of nitrogens with zero attached hydrogens (tertiary/aromatic N) is 1. The Morgan fingerprint density at radius 1 is 0.200 bits per heavy atom. The summed E-state index contributed by atoms with van der Waals surface area (Å²) < 4.78 is 1.25. The van der Waals surface area contributed by atoms with Crippen LogP contribution >= 0.6 is 0 Å². The molecule has 0 radical (unpaired) electrons. The third-order valence-corrected chi connectivity index (χ3v) is 10.7. The van der Waals surface area contributed by atoms with Gasteiger partial charge in [-0.1, -0.05) is 232 Å². The molecule has 0 N–H and O–H groups in total. The van der Waals surface area contributed by atoms with Gasteiger partial charge in [-0.25, -0.2) is 0 Å². The Hall–Kier alpha value is -0.0400. The molecule has 272 valence electrons. The van der Waals surface area contributed by atoms with Crippen molar-refractivity contribution in [3.63, 3.8) is 0 Å². The van der Waals surface area contributed by atoms with Gasteiger partial charge in [0.05, 0.1) is 27.2 Å². The van der Waals surface area contributed by atoms with Gasteiger partial charge in [0.25, 0.3) is 0 Å². The molecule has 0 amide bonds. The maximum absolute atomic E-state index is 2.48. The van der Waals surface area contributed by atoms with Crippen LogP contribution in [0.5, 0.6) is 0 Å². The topological polar surface area (TPSA) is 0 Å². The summed E-state index contributed by atoms with van der Waals surface area (Å²) in [6.45, 7) is 7.39. The molecular formula is C44H92N+. The van der Waals surface area contributed by atoms with Crippen molar-refractivity contribution in [1.29, 1.82) is 0 Å². The van der Waals surface area contributed by atoms with E-state index >= 15 is 0 Å². The molecule has 0 bridgehead atoms. The lowest BCUT2D eigenvalue weighted by Gasteiger charge is -2.30. The van der Waals surface area contributed by atoms with Crippen molar-refractivity contribution in [2.45, 2.75) is 258 Å².